The largest absolute Gasteiger partial charge is 0.353 e. The number of aryl methyl sites for hydroxylation is 1. The van der Waals surface area contributed by atoms with E-state index in [0.717, 1.165) is 50.5 Å². The summed E-state index contributed by atoms with van der Waals surface area (Å²) in [6, 6.07) is 7.05. The Bertz CT molecular complexity index is 883. The van der Waals surface area contributed by atoms with Crippen LogP contribution in [0.3, 0.4) is 0 Å². The lowest BCUT2D eigenvalue weighted by Crippen LogP contribution is -2.48. The molecule has 1 N–H and O–H groups in total. The minimum absolute atomic E-state index is 0.00443. The summed E-state index contributed by atoms with van der Waals surface area (Å²) in [4.78, 5) is 27.2. The fourth-order valence-electron chi connectivity index (χ4n) is 4.78. The summed E-state index contributed by atoms with van der Waals surface area (Å²) >= 11 is 0. The summed E-state index contributed by atoms with van der Waals surface area (Å²) in [5.41, 5.74) is 0.952. The van der Waals surface area contributed by atoms with E-state index in [1.807, 2.05) is 17.0 Å². The fraction of sp³-hybridized carbons (Fsp3) is 0.680. The minimum atomic E-state index is -3.42. The van der Waals surface area contributed by atoms with Crippen molar-refractivity contribution >= 4 is 21.8 Å². The van der Waals surface area contributed by atoms with Gasteiger partial charge in [-0.15, -0.1) is 0 Å². The van der Waals surface area contributed by atoms with Crippen molar-refractivity contribution in [1.82, 2.24) is 14.5 Å². The molecule has 2 aliphatic heterocycles. The van der Waals surface area contributed by atoms with Crippen LogP contribution in [-0.4, -0.2) is 61.7 Å². The molecule has 184 valence electrons. The van der Waals surface area contributed by atoms with Gasteiger partial charge in [0, 0.05) is 44.6 Å². The molecular formula is C25H39N3O4S. The maximum absolute atomic E-state index is 12.8. The highest BCUT2D eigenvalue weighted by Gasteiger charge is 2.27. The predicted molar refractivity (Wildman–Crippen MR) is 129 cm³/mol. The Hall–Kier alpha value is -1.93. The monoisotopic (exact) mass is 477 g/mol. The predicted octanol–water partition coefficient (Wildman–Crippen LogP) is 3.34. The van der Waals surface area contributed by atoms with Gasteiger partial charge in [-0.25, -0.2) is 8.42 Å². The van der Waals surface area contributed by atoms with Crippen LogP contribution in [0, 0.1) is 5.92 Å². The van der Waals surface area contributed by atoms with Gasteiger partial charge < -0.3 is 10.2 Å². The van der Waals surface area contributed by atoms with Crippen LogP contribution < -0.4 is 5.32 Å². The number of sulfonamides is 1. The van der Waals surface area contributed by atoms with Gasteiger partial charge in [-0.05, 0) is 62.6 Å². The first-order valence-corrected chi connectivity index (χ1v) is 14.0. The number of carbonyl (C=O) groups excluding carboxylic acids is 2. The molecule has 2 heterocycles. The van der Waals surface area contributed by atoms with E-state index >= 15 is 0 Å². The van der Waals surface area contributed by atoms with Crippen molar-refractivity contribution in [2.45, 2.75) is 82.6 Å². The standard InChI is InChI=1S/C25H39N3O4S/c1-3-21(4-2)25(30)27-18-14-22(15-19-27)26-24(29)13-10-20-8-11-23(12-9-20)33(31,32)28-16-6-5-7-17-28/h8-9,11-12,21-22H,3-7,10,13-19H2,1-2H3,(H,26,29). The molecule has 33 heavy (non-hydrogen) atoms. The first-order chi connectivity index (χ1) is 15.8. The maximum atomic E-state index is 12.8. The number of nitrogens with one attached hydrogen (secondary N) is 1. The van der Waals surface area contributed by atoms with Crippen LogP contribution in [0.1, 0.15) is 70.8 Å². The molecule has 0 atom stereocenters. The third kappa shape index (κ3) is 6.79. The van der Waals surface area contributed by atoms with Crippen LogP contribution in [0.25, 0.3) is 0 Å². The Morgan fingerprint density at radius 3 is 2.15 bits per heavy atom. The lowest BCUT2D eigenvalue weighted by atomic mass is 9.98. The highest BCUT2D eigenvalue weighted by Crippen LogP contribution is 2.21. The van der Waals surface area contributed by atoms with Gasteiger partial charge in [0.15, 0.2) is 0 Å². The Kier molecular flexibility index (Phi) is 9.32. The molecule has 0 unspecified atom stereocenters. The third-order valence-electron chi connectivity index (χ3n) is 7.02. The quantitative estimate of drug-likeness (QED) is 0.591. The van der Waals surface area contributed by atoms with Gasteiger partial charge in [-0.2, -0.15) is 4.31 Å². The van der Waals surface area contributed by atoms with Gasteiger partial charge in [-0.1, -0.05) is 32.4 Å². The van der Waals surface area contributed by atoms with Crippen LogP contribution in [0.4, 0.5) is 0 Å². The van der Waals surface area contributed by atoms with Crippen LogP contribution in [0.15, 0.2) is 29.2 Å². The van der Waals surface area contributed by atoms with Gasteiger partial charge in [0.1, 0.15) is 0 Å². The van der Waals surface area contributed by atoms with E-state index in [2.05, 4.69) is 19.2 Å². The summed E-state index contributed by atoms with van der Waals surface area (Å²) in [6.45, 7) is 6.70. The molecule has 0 bridgehead atoms. The van der Waals surface area contributed by atoms with E-state index in [1.54, 1.807) is 16.4 Å². The summed E-state index contributed by atoms with van der Waals surface area (Å²) in [6.07, 6.45) is 7.19. The molecule has 8 heteroatoms. The van der Waals surface area contributed by atoms with E-state index in [-0.39, 0.29) is 23.8 Å². The van der Waals surface area contributed by atoms with Crippen molar-refractivity contribution in [3.05, 3.63) is 29.8 Å². The third-order valence-corrected chi connectivity index (χ3v) is 8.94. The zero-order valence-corrected chi connectivity index (χ0v) is 20.9. The highest BCUT2D eigenvalue weighted by molar-refractivity contribution is 7.89. The van der Waals surface area contributed by atoms with Gasteiger partial charge in [-0.3, -0.25) is 9.59 Å². The number of benzene rings is 1. The number of amides is 2. The number of nitrogens with zero attached hydrogens (tertiary/aromatic N) is 2. The van der Waals surface area contributed by atoms with Crippen molar-refractivity contribution in [1.29, 1.82) is 0 Å². The number of likely N-dealkylation sites (tertiary alicyclic amines) is 1. The van der Waals surface area contributed by atoms with Crippen LogP contribution in [0.5, 0.6) is 0 Å². The molecule has 0 aliphatic carbocycles. The lowest BCUT2D eigenvalue weighted by molar-refractivity contribution is -0.137. The van der Waals surface area contributed by atoms with E-state index in [1.165, 1.54) is 0 Å². The van der Waals surface area contributed by atoms with Crippen molar-refractivity contribution in [3.8, 4) is 0 Å². The van der Waals surface area contributed by atoms with Crippen molar-refractivity contribution in [2.24, 2.45) is 5.92 Å². The van der Waals surface area contributed by atoms with Crippen molar-refractivity contribution in [3.63, 3.8) is 0 Å². The summed E-state index contributed by atoms with van der Waals surface area (Å²) in [5.74, 6) is 0.359. The van der Waals surface area contributed by atoms with Crippen LogP contribution in [0.2, 0.25) is 0 Å². The molecule has 0 aromatic heterocycles. The molecule has 2 amide bonds. The average molecular weight is 478 g/mol. The molecule has 0 saturated carbocycles. The Morgan fingerprint density at radius 1 is 0.970 bits per heavy atom. The molecule has 0 spiro atoms. The SMILES string of the molecule is CCC(CC)C(=O)N1CCC(NC(=O)CCc2ccc(S(=O)(=O)N3CCCCC3)cc2)CC1. The highest BCUT2D eigenvalue weighted by atomic mass is 32.2. The summed E-state index contributed by atoms with van der Waals surface area (Å²) in [5, 5.41) is 3.10. The van der Waals surface area contributed by atoms with Gasteiger partial charge >= 0.3 is 0 Å². The molecule has 0 radical (unpaired) electrons. The first kappa shape index (κ1) is 25.7. The summed E-state index contributed by atoms with van der Waals surface area (Å²) in [7, 11) is -3.42. The van der Waals surface area contributed by atoms with E-state index in [0.29, 0.717) is 43.9 Å². The smallest absolute Gasteiger partial charge is 0.243 e. The Labute approximate surface area is 199 Å². The van der Waals surface area contributed by atoms with Crippen LogP contribution in [-0.2, 0) is 26.0 Å². The number of rotatable bonds is 9. The van der Waals surface area contributed by atoms with Crippen molar-refractivity contribution < 1.29 is 18.0 Å². The lowest BCUT2D eigenvalue weighted by Gasteiger charge is -2.34. The van der Waals surface area contributed by atoms with Gasteiger partial charge in [0.25, 0.3) is 0 Å². The molecule has 2 saturated heterocycles. The molecule has 2 aliphatic rings. The molecule has 1 aromatic carbocycles. The summed E-state index contributed by atoms with van der Waals surface area (Å²) < 4.78 is 27.1. The fourth-order valence-corrected chi connectivity index (χ4v) is 6.30. The number of carbonyl (C=O) groups is 2. The molecule has 1 aromatic rings. The topological polar surface area (TPSA) is 86.8 Å². The Balaban J connectivity index is 1.43. The second-order valence-electron chi connectivity index (χ2n) is 9.29. The van der Waals surface area contributed by atoms with E-state index in [9.17, 15) is 18.0 Å². The minimum Gasteiger partial charge on any atom is -0.353 e. The second kappa shape index (κ2) is 12.0. The molecule has 2 fully saturated rings. The zero-order valence-electron chi connectivity index (χ0n) is 20.1. The van der Waals surface area contributed by atoms with Crippen molar-refractivity contribution in [2.75, 3.05) is 26.2 Å². The zero-order chi connectivity index (χ0) is 23.8. The van der Waals surface area contributed by atoms with Crippen LogP contribution >= 0.6 is 0 Å². The van der Waals surface area contributed by atoms with E-state index < -0.39 is 10.0 Å². The molecule has 3 rings (SSSR count). The van der Waals surface area contributed by atoms with Gasteiger partial charge in [0.2, 0.25) is 21.8 Å². The average Bonchev–Trinajstić information content (AvgIpc) is 2.84. The molecular weight excluding hydrogens is 438 g/mol. The number of piperidine rings is 2. The maximum Gasteiger partial charge on any atom is 0.243 e. The van der Waals surface area contributed by atoms with E-state index in [4.69, 9.17) is 0 Å². The van der Waals surface area contributed by atoms with Gasteiger partial charge in [0.05, 0.1) is 4.90 Å². The first-order valence-electron chi connectivity index (χ1n) is 12.5. The number of hydrogen-bond donors (Lipinski definition) is 1. The second-order valence-corrected chi connectivity index (χ2v) is 11.2. The normalized spacial score (nSPS) is 18.5. The molecule has 7 nitrogen and oxygen atoms in total. The number of hydrogen-bond acceptors (Lipinski definition) is 4. The Morgan fingerprint density at radius 2 is 1.58 bits per heavy atom.